The molecule has 0 spiro atoms. The fourth-order valence-corrected chi connectivity index (χ4v) is 3.31. The summed E-state index contributed by atoms with van der Waals surface area (Å²) in [5.41, 5.74) is 1.44. The van der Waals surface area contributed by atoms with Crippen molar-refractivity contribution in [1.29, 1.82) is 0 Å². The normalized spacial score (nSPS) is 19.7. The van der Waals surface area contributed by atoms with E-state index in [1.54, 1.807) is 0 Å². The van der Waals surface area contributed by atoms with Crippen molar-refractivity contribution in [2.75, 3.05) is 0 Å². The first kappa shape index (κ1) is 12.1. The van der Waals surface area contributed by atoms with Gasteiger partial charge in [-0.25, -0.2) is 0 Å². The van der Waals surface area contributed by atoms with Crippen LogP contribution in [-0.2, 0) is 0 Å². The summed E-state index contributed by atoms with van der Waals surface area (Å²) in [6.45, 7) is 6.81. The van der Waals surface area contributed by atoms with Crippen molar-refractivity contribution in [3.05, 3.63) is 21.9 Å². The van der Waals surface area contributed by atoms with Crippen LogP contribution in [0, 0.1) is 12.8 Å². The summed E-state index contributed by atoms with van der Waals surface area (Å²) in [4.78, 5) is 1.51. The van der Waals surface area contributed by atoms with Crippen molar-refractivity contribution in [3.8, 4) is 0 Å². The van der Waals surface area contributed by atoms with Crippen LogP contribution in [0.5, 0.6) is 0 Å². The van der Waals surface area contributed by atoms with Gasteiger partial charge in [0, 0.05) is 17.0 Å². The number of hydrogen-bond donors (Lipinski definition) is 1. The van der Waals surface area contributed by atoms with E-state index >= 15 is 0 Å². The second kappa shape index (κ2) is 5.33. The van der Waals surface area contributed by atoms with Gasteiger partial charge in [0.05, 0.1) is 0 Å². The van der Waals surface area contributed by atoms with E-state index in [0.717, 1.165) is 5.92 Å². The summed E-state index contributed by atoms with van der Waals surface area (Å²) in [6.07, 6.45) is 5.56. The third-order valence-corrected chi connectivity index (χ3v) is 4.79. The molecule has 0 saturated heterocycles. The fraction of sp³-hybridized carbons (Fsp3) is 0.714. The summed E-state index contributed by atoms with van der Waals surface area (Å²) < 4.78 is 0. The number of rotatable bonds is 6. The molecule has 1 fully saturated rings. The zero-order valence-electron chi connectivity index (χ0n) is 10.6. The highest BCUT2D eigenvalue weighted by atomic mass is 32.1. The second-order valence-corrected chi connectivity index (χ2v) is 6.09. The Morgan fingerprint density at radius 3 is 2.75 bits per heavy atom. The van der Waals surface area contributed by atoms with Gasteiger partial charge in [-0.05, 0) is 49.6 Å². The first-order valence-electron chi connectivity index (χ1n) is 6.50. The number of hydrogen-bond acceptors (Lipinski definition) is 2. The van der Waals surface area contributed by atoms with E-state index in [1.165, 1.54) is 36.1 Å². The molecule has 0 radical (unpaired) electrons. The van der Waals surface area contributed by atoms with Gasteiger partial charge >= 0.3 is 0 Å². The molecule has 0 bridgehead atoms. The quantitative estimate of drug-likeness (QED) is 0.778. The summed E-state index contributed by atoms with van der Waals surface area (Å²) >= 11 is 1.88. The molecule has 1 heterocycles. The maximum absolute atomic E-state index is 3.79. The average Bonchev–Trinajstić information content (AvgIpc) is 2.97. The number of nitrogens with one attached hydrogen (secondary N) is 1. The predicted octanol–water partition coefficient (Wildman–Crippen LogP) is 4.29. The lowest BCUT2D eigenvalue weighted by Crippen LogP contribution is -2.31. The molecule has 1 aliphatic rings. The van der Waals surface area contributed by atoms with Crippen molar-refractivity contribution in [2.24, 2.45) is 5.92 Å². The van der Waals surface area contributed by atoms with Crippen LogP contribution in [0.3, 0.4) is 0 Å². The lowest BCUT2D eigenvalue weighted by atomic mass is 10.1. The van der Waals surface area contributed by atoms with Crippen molar-refractivity contribution in [1.82, 2.24) is 5.32 Å². The Morgan fingerprint density at radius 2 is 2.25 bits per heavy atom. The Hall–Kier alpha value is -0.340. The number of aryl methyl sites for hydroxylation is 1. The molecule has 0 amide bonds. The van der Waals surface area contributed by atoms with Crippen LogP contribution in [0.2, 0.25) is 0 Å². The van der Waals surface area contributed by atoms with E-state index in [2.05, 4.69) is 37.5 Å². The van der Waals surface area contributed by atoms with Crippen LogP contribution in [0.4, 0.5) is 0 Å². The van der Waals surface area contributed by atoms with Crippen LogP contribution >= 0.6 is 11.3 Å². The molecule has 90 valence electrons. The minimum absolute atomic E-state index is 0.517. The Balaban J connectivity index is 1.89. The van der Waals surface area contributed by atoms with E-state index in [-0.39, 0.29) is 0 Å². The van der Waals surface area contributed by atoms with E-state index < -0.39 is 0 Å². The van der Waals surface area contributed by atoms with E-state index in [1.807, 2.05) is 11.3 Å². The van der Waals surface area contributed by atoms with Gasteiger partial charge in [0.25, 0.3) is 0 Å². The smallest absolute Gasteiger partial charge is 0.0390 e. The van der Waals surface area contributed by atoms with Crippen LogP contribution in [0.1, 0.15) is 56.0 Å². The Morgan fingerprint density at radius 1 is 1.50 bits per heavy atom. The highest BCUT2D eigenvalue weighted by molar-refractivity contribution is 7.10. The first-order valence-corrected chi connectivity index (χ1v) is 7.38. The minimum atomic E-state index is 0.517. The highest BCUT2D eigenvalue weighted by Crippen LogP contribution is 2.35. The van der Waals surface area contributed by atoms with Gasteiger partial charge in [-0.2, -0.15) is 0 Å². The Bertz CT molecular complexity index is 327. The van der Waals surface area contributed by atoms with Gasteiger partial charge in [0.1, 0.15) is 0 Å². The monoisotopic (exact) mass is 237 g/mol. The molecular weight excluding hydrogens is 214 g/mol. The lowest BCUT2D eigenvalue weighted by Gasteiger charge is -2.22. The minimum Gasteiger partial charge on any atom is -0.307 e. The second-order valence-electron chi connectivity index (χ2n) is 5.14. The topological polar surface area (TPSA) is 12.0 Å². The maximum atomic E-state index is 3.79. The van der Waals surface area contributed by atoms with Gasteiger partial charge in [-0.1, -0.05) is 19.8 Å². The molecule has 2 unspecified atom stereocenters. The molecule has 1 nitrogen and oxygen atoms in total. The van der Waals surface area contributed by atoms with Gasteiger partial charge in [-0.15, -0.1) is 11.3 Å². The van der Waals surface area contributed by atoms with Gasteiger partial charge < -0.3 is 5.32 Å². The van der Waals surface area contributed by atoms with Crippen molar-refractivity contribution < 1.29 is 0 Å². The van der Waals surface area contributed by atoms with E-state index in [0.29, 0.717) is 12.1 Å². The molecule has 0 aromatic carbocycles. The van der Waals surface area contributed by atoms with Crippen LogP contribution in [0.25, 0.3) is 0 Å². The van der Waals surface area contributed by atoms with Crippen molar-refractivity contribution in [3.63, 3.8) is 0 Å². The van der Waals surface area contributed by atoms with E-state index in [4.69, 9.17) is 0 Å². The molecule has 1 saturated carbocycles. The lowest BCUT2D eigenvalue weighted by molar-refractivity contribution is 0.406. The molecule has 2 atom stereocenters. The van der Waals surface area contributed by atoms with Gasteiger partial charge in [0.2, 0.25) is 0 Å². The van der Waals surface area contributed by atoms with Crippen LogP contribution in [-0.4, -0.2) is 6.04 Å². The van der Waals surface area contributed by atoms with Crippen molar-refractivity contribution >= 4 is 11.3 Å². The third kappa shape index (κ3) is 3.08. The van der Waals surface area contributed by atoms with Gasteiger partial charge in [-0.3, -0.25) is 0 Å². The molecule has 2 heteroatoms. The predicted molar refractivity (Wildman–Crippen MR) is 72.0 cm³/mol. The maximum Gasteiger partial charge on any atom is 0.0390 e. The average molecular weight is 237 g/mol. The summed E-state index contributed by atoms with van der Waals surface area (Å²) in [5, 5.41) is 5.99. The summed E-state index contributed by atoms with van der Waals surface area (Å²) in [5.74, 6) is 1.02. The molecule has 2 rings (SSSR count). The number of thiophene rings is 1. The van der Waals surface area contributed by atoms with Crippen molar-refractivity contribution in [2.45, 2.75) is 58.5 Å². The fourth-order valence-electron chi connectivity index (χ4n) is 2.37. The largest absolute Gasteiger partial charge is 0.307 e. The summed E-state index contributed by atoms with van der Waals surface area (Å²) in [7, 11) is 0. The molecule has 1 aromatic rings. The van der Waals surface area contributed by atoms with E-state index in [9.17, 15) is 0 Å². The van der Waals surface area contributed by atoms with Gasteiger partial charge in [0.15, 0.2) is 0 Å². The molecule has 1 N–H and O–H groups in total. The molecule has 0 aliphatic heterocycles. The first-order chi connectivity index (χ1) is 7.70. The Labute approximate surface area is 103 Å². The van der Waals surface area contributed by atoms with Crippen LogP contribution in [0.15, 0.2) is 11.4 Å². The highest BCUT2D eigenvalue weighted by Gasteiger charge is 2.25. The molecule has 1 aromatic heterocycles. The Kier molecular flexibility index (Phi) is 4.04. The molecule has 1 aliphatic carbocycles. The summed E-state index contributed by atoms with van der Waals surface area (Å²) in [6, 6.07) is 3.45. The molecule has 16 heavy (non-hydrogen) atoms. The standard InChI is InChI=1S/C14H23NS/c1-4-13(9-12-5-6-12)15-11(3)14-10(2)7-8-16-14/h7-8,11-13,15H,4-6,9H2,1-3H3. The zero-order valence-corrected chi connectivity index (χ0v) is 11.4. The van der Waals surface area contributed by atoms with Crippen LogP contribution < -0.4 is 5.32 Å². The SMILES string of the molecule is CCC(CC1CC1)NC(C)c1sccc1C. The molecular formula is C14H23NS. The zero-order chi connectivity index (χ0) is 11.5. The third-order valence-electron chi connectivity index (χ3n) is 3.59.